The van der Waals surface area contributed by atoms with Crippen molar-refractivity contribution in [3.63, 3.8) is 0 Å². The average molecular weight is 772 g/mol. The molecule has 0 radical (unpaired) electrons. The van der Waals surface area contributed by atoms with E-state index in [1.54, 1.807) is 25.5 Å². The Balaban J connectivity index is 0.00000121. The highest BCUT2D eigenvalue weighted by atomic mass is 32.2. The van der Waals surface area contributed by atoms with E-state index in [2.05, 4.69) is 15.3 Å². The van der Waals surface area contributed by atoms with Crippen LogP contribution in [0.5, 0.6) is 0 Å². The van der Waals surface area contributed by atoms with Gasteiger partial charge >= 0.3 is 46.7 Å². The van der Waals surface area contributed by atoms with Gasteiger partial charge in [-0.2, -0.15) is 39.5 Å². The number of alkyl halides is 6. The van der Waals surface area contributed by atoms with Crippen LogP contribution in [-0.2, 0) is 46.7 Å². The minimum atomic E-state index is -5.08. The number of hydrogen-bond donors (Lipinski definition) is 4. The van der Waals surface area contributed by atoms with Crippen molar-refractivity contribution in [1.29, 1.82) is 0 Å². The van der Waals surface area contributed by atoms with E-state index < -0.39 is 69.5 Å². The summed E-state index contributed by atoms with van der Waals surface area (Å²) in [5, 5.41) is 9.78. The molecule has 3 rings (SSSR count). The number of aromatic amines is 1. The fourth-order valence-corrected chi connectivity index (χ4v) is 4.77. The van der Waals surface area contributed by atoms with Crippen LogP contribution in [0.4, 0.5) is 41.6 Å². The van der Waals surface area contributed by atoms with Gasteiger partial charge in [0.2, 0.25) is 0 Å². The Morgan fingerprint density at radius 1 is 0.885 bits per heavy atom. The third kappa shape index (κ3) is 13.8. The Bertz CT molecular complexity index is 1870. The number of nitrogens with one attached hydrogen (secondary N) is 3. The van der Waals surface area contributed by atoms with Crippen molar-refractivity contribution in [2.24, 2.45) is 0 Å². The SMILES string of the molecule is CC(=O)ON(c1ccc(C[C@H](NC(=O)OC(C)(C)C)c2nc3ccc(C(F)(F)F)cc3[nH]2)cc1)S(=O)(=O)NC(=O)OC(C)(C)C.O=C(O)C(F)(F)F. The molecule has 0 bridgehead atoms. The van der Waals surface area contributed by atoms with Crippen LogP contribution in [0.15, 0.2) is 42.5 Å². The number of amides is 2. The molecule has 0 fully saturated rings. The number of alkyl carbamates (subject to hydrolysis) is 1. The zero-order valence-corrected chi connectivity index (χ0v) is 29.3. The van der Waals surface area contributed by atoms with Crippen molar-refractivity contribution in [1.82, 2.24) is 20.0 Å². The smallest absolute Gasteiger partial charge is 0.475 e. The zero-order valence-electron chi connectivity index (χ0n) is 28.5. The number of fused-ring (bicyclic) bond motifs is 1. The van der Waals surface area contributed by atoms with Crippen LogP contribution in [0.2, 0.25) is 0 Å². The fraction of sp³-hybridized carbons (Fsp3) is 0.433. The lowest BCUT2D eigenvalue weighted by atomic mass is 10.1. The van der Waals surface area contributed by atoms with Gasteiger partial charge in [-0.3, -0.25) is 0 Å². The van der Waals surface area contributed by atoms with Gasteiger partial charge in [-0.1, -0.05) is 16.6 Å². The van der Waals surface area contributed by atoms with Gasteiger partial charge in [-0.15, -0.1) is 0 Å². The first-order chi connectivity index (χ1) is 23.5. The van der Waals surface area contributed by atoms with Crippen molar-refractivity contribution in [3.05, 3.63) is 59.4 Å². The van der Waals surface area contributed by atoms with Crippen molar-refractivity contribution >= 4 is 51.1 Å². The molecule has 0 saturated heterocycles. The summed E-state index contributed by atoms with van der Waals surface area (Å²) in [5.74, 6) is -3.63. The van der Waals surface area contributed by atoms with E-state index in [0.717, 1.165) is 19.1 Å². The highest BCUT2D eigenvalue weighted by molar-refractivity contribution is 7.91. The van der Waals surface area contributed by atoms with Crippen LogP contribution < -0.4 is 14.5 Å². The molecule has 3 aromatic rings. The number of imidazole rings is 1. The molecular formula is C30H35F6N5O10S. The van der Waals surface area contributed by atoms with Crippen molar-refractivity contribution < 1.29 is 73.4 Å². The second-order valence-electron chi connectivity index (χ2n) is 12.6. The van der Waals surface area contributed by atoms with Gasteiger partial charge < -0.3 is 29.7 Å². The molecular weight excluding hydrogens is 736 g/mol. The van der Waals surface area contributed by atoms with E-state index >= 15 is 0 Å². The first kappa shape index (κ1) is 42.9. The van der Waals surface area contributed by atoms with E-state index in [9.17, 15) is 49.1 Å². The number of aliphatic carboxylic acids is 1. The number of carbonyl (C=O) groups excluding carboxylic acids is 3. The molecule has 1 aromatic heterocycles. The minimum Gasteiger partial charge on any atom is -0.475 e. The lowest BCUT2D eigenvalue weighted by molar-refractivity contribution is -0.192. The number of nitrogens with zero attached hydrogens (tertiary/aromatic N) is 2. The molecule has 22 heteroatoms. The topological polar surface area (TPSA) is 206 Å². The second-order valence-corrected chi connectivity index (χ2v) is 14.1. The summed E-state index contributed by atoms with van der Waals surface area (Å²) < 4.78 is 110. The molecule has 0 aliphatic heterocycles. The number of H-pyrrole nitrogens is 1. The zero-order chi connectivity index (χ0) is 40.0. The predicted molar refractivity (Wildman–Crippen MR) is 170 cm³/mol. The van der Waals surface area contributed by atoms with Gasteiger partial charge in [-0.25, -0.2) is 24.2 Å². The maximum atomic E-state index is 13.3. The summed E-state index contributed by atoms with van der Waals surface area (Å²) in [5.41, 5.74) is -2.12. The Labute approximate surface area is 292 Å². The van der Waals surface area contributed by atoms with Crippen LogP contribution in [-0.4, -0.2) is 65.0 Å². The van der Waals surface area contributed by atoms with Gasteiger partial charge in [0, 0.05) is 13.3 Å². The maximum absolute atomic E-state index is 13.3. The summed E-state index contributed by atoms with van der Waals surface area (Å²) in [4.78, 5) is 57.4. The van der Waals surface area contributed by atoms with Crippen LogP contribution in [0.25, 0.3) is 11.0 Å². The number of benzene rings is 2. The third-order valence-electron chi connectivity index (χ3n) is 5.72. The molecule has 0 aliphatic carbocycles. The summed E-state index contributed by atoms with van der Waals surface area (Å²) in [6.07, 6.45) is -11.8. The molecule has 0 spiro atoms. The number of carbonyl (C=O) groups is 4. The number of halogens is 6. The van der Waals surface area contributed by atoms with E-state index in [0.29, 0.717) is 5.56 Å². The summed E-state index contributed by atoms with van der Waals surface area (Å²) >= 11 is 0. The number of carboxylic acid groups (broad SMARTS) is 1. The molecule has 2 aromatic carbocycles. The molecule has 0 saturated carbocycles. The second kappa shape index (κ2) is 15.9. The molecule has 1 atom stereocenters. The van der Waals surface area contributed by atoms with Gasteiger partial charge in [0.15, 0.2) is 0 Å². The van der Waals surface area contributed by atoms with Crippen molar-refractivity contribution in [2.75, 3.05) is 4.47 Å². The first-order valence-electron chi connectivity index (χ1n) is 14.7. The summed E-state index contributed by atoms with van der Waals surface area (Å²) in [6.45, 7) is 10.5. The number of aromatic nitrogens is 2. The largest absolute Gasteiger partial charge is 0.490 e. The molecule has 52 heavy (non-hydrogen) atoms. The summed E-state index contributed by atoms with van der Waals surface area (Å²) in [6, 6.07) is 7.49. The molecule has 2 amide bonds. The first-order valence-corrected chi connectivity index (χ1v) is 16.1. The van der Waals surface area contributed by atoms with Crippen molar-refractivity contribution in [2.45, 2.75) is 84.5 Å². The Morgan fingerprint density at radius 2 is 1.40 bits per heavy atom. The minimum absolute atomic E-state index is 0.0158. The quantitative estimate of drug-likeness (QED) is 0.153. The monoisotopic (exact) mass is 771 g/mol. The van der Waals surface area contributed by atoms with Gasteiger partial charge in [0.25, 0.3) is 0 Å². The van der Waals surface area contributed by atoms with Crippen molar-refractivity contribution in [3.8, 4) is 0 Å². The predicted octanol–water partition coefficient (Wildman–Crippen LogP) is 6.08. The van der Waals surface area contributed by atoms with E-state index in [-0.39, 0.29) is 33.4 Å². The fourth-order valence-electron chi connectivity index (χ4n) is 3.83. The number of carboxylic acids is 1. The summed E-state index contributed by atoms with van der Waals surface area (Å²) in [7, 11) is -4.79. The molecule has 0 unspecified atom stereocenters. The molecule has 0 aliphatic rings. The number of hydrogen-bond acceptors (Lipinski definition) is 10. The molecule has 15 nitrogen and oxygen atoms in total. The highest BCUT2D eigenvalue weighted by Crippen LogP contribution is 2.32. The van der Waals surface area contributed by atoms with Crippen LogP contribution in [0, 0.1) is 0 Å². The van der Waals surface area contributed by atoms with Gasteiger partial charge in [0.05, 0.1) is 28.3 Å². The number of anilines is 1. The maximum Gasteiger partial charge on any atom is 0.490 e. The highest BCUT2D eigenvalue weighted by Gasteiger charge is 2.38. The Hall–Kier alpha value is -5.28. The van der Waals surface area contributed by atoms with E-state index in [4.69, 9.17) is 24.2 Å². The lowest BCUT2D eigenvalue weighted by Gasteiger charge is -2.24. The van der Waals surface area contributed by atoms with E-state index in [1.807, 2.05) is 0 Å². The van der Waals surface area contributed by atoms with Crippen LogP contribution in [0.3, 0.4) is 0 Å². The van der Waals surface area contributed by atoms with Gasteiger partial charge in [-0.05, 0) is 77.4 Å². The molecule has 1 heterocycles. The average Bonchev–Trinajstić information content (AvgIpc) is 3.37. The van der Waals surface area contributed by atoms with E-state index in [1.165, 1.54) is 51.1 Å². The normalized spacial score (nSPS) is 12.9. The number of rotatable bonds is 8. The van der Waals surface area contributed by atoms with Gasteiger partial charge in [0.1, 0.15) is 17.0 Å². The number of ether oxygens (including phenoxy) is 2. The standard InChI is InChI=1S/C28H34F3N5O8S.C2HF3O2/c1-16(37)44-36(45(40,41)35-25(39)43-27(5,6)7)19-11-8-17(9-12-19)14-22(34-24(38)42-26(2,3)4)23-32-20-13-10-18(28(29,30)31)15-21(20)33-23;3-2(4,5)1(6)7/h8-13,15,22H,14H2,1-7H3,(H,32,33)(H,34,38)(H,35,39);(H,6,7)/t22-;/m0./s1. The third-order valence-corrected chi connectivity index (χ3v) is 6.87. The Morgan fingerprint density at radius 3 is 1.87 bits per heavy atom. The molecule has 4 N–H and O–H groups in total. The van der Waals surface area contributed by atoms with Crippen LogP contribution in [0.1, 0.15) is 71.5 Å². The Kier molecular flexibility index (Phi) is 13.2. The lowest BCUT2D eigenvalue weighted by Crippen LogP contribution is -2.46. The molecule has 288 valence electrons. The van der Waals surface area contributed by atoms with Crippen LogP contribution >= 0.6 is 0 Å².